The van der Waals surface area contributed by atoms with Gasteiger partial charge in [-0.15, -0.1) is 0 Å². The molecule has 0 aliphatic rings. The van der Waals surface area contributed by atoms with Crippen molar-refractivity contribution in [2.45, 2.75) is 45.4 Å². The summed E-state index contributed by atoms with van der Waals surface area (Å²) < 4.78 is 0. The van der Waals surface area contributed by atoms with Gasteiger partial charge >= 0.3 is 0 Å². The zero-order valence-corrected chi connectivity index (χ0v) is 16.0. The lowest BCUT2D eigenvalue weighted by Gasteiger charge is -2.29. The van der Waals surface area contributed by atoms with Gasteiger partial charge in [-0.3, -0.25) is 0 Å². The minimum atomic E-state index is -0.963. The van der Waals surface area contributed by atoms with Gasteiger partial charge in [0.2, 0.25) is 0 Å². The average molecular weight is 373 g/mol. The Morgan fingerprint density at radius 1 is 0.926 bits per heavy atom. The topological polar surface area (TPSA) is 93.0 Å². The van der Waals surface area contributed by atoms with E-state index in [4.69, 9.17) is 0 Å². The molecular weight excluding hydrogens is 342 g/mol. The van der Waals surface area contributed by atoms with Gasteiger partial charge in [0.05, 0.1) is 12.2 Å². The fraction of sp³-hybridized carbons (Fsp3) is 0.455. The van der Waals surface area contributed by atoms with Gasteiger partial charge in [-0.1, -0.05) is 44.2 Å². The van der Waals surface area contributed by atoms with E-state index < -0.39 is 12.2 Å². The van der Waals surface area contributed by atoms with E-state index in [-0.39, 0.29) is 17.4 Å². The standard InChI is InChI=1S/C22H31NO4/c1-15(2)10-20(22(27)17-11-18(24)13-19(25)12-17)21(26)8-9-23-14-16-6-4-3-5-7-16/h3-7,11-13,15,20-27H,8-10,14H2,1-2H3/t20-,21-,22+/m1/s1. The first-order valence-corrected chi connectivity index (χ1v) is 9.50. The van der Waals surface area contributed by atoms with Crippen molar-refractivity contribution in [2.24, 2.45) is 11.8 Å². The molecule has 5 nitrogen and oxygen atoms in total. The third-order valence-electron chi connectivity index (χ3n) is 4.70. The predicted octanol–water partition coefficient (Wildman–Crippen LogP) is 3.33. The lowest BCUT2D eigenvalue weighted by atomic mass is 9.83. The Bertz CT molecular complexity index is 670. The molecular formula is C22H31NO4. The van der Waals surface area contributed by atoms with Gasteiger partial charge in [0.25, 0.3) is 0 Å². The van der Waals surface area contributed by atoms with Crippen molar-refractivity contribution in [2.75, 3.05) is 6.54 Å². The number of aromatic hydroxyl groups is 2. The van der Waals surface area contributed by atoms with Crippen LogP contribution in [-0.2, 0) is 6.54 Å². The smallest absolute Gasteiger partial charge is 0.119 e. The van der Waals surface area contributed by atoms with E-state index in [0.717, 1.165) is 6.54 Å². The van der Waals surface area contributed by atoms with Crippen molar-refractivity contribution in [1.82, 2.24) is 5.32 Å². The second kappa shape index (κ2) is 10.3. The Kier molecular flexibility index (Phi) is 8.10. The lowest BCUT2D eigenvalue weighted by Crippen LogP contribution is -2.31. The number of hydrogen-bond acceptors (Lipinski definition) is 5. The summed E-state index contributed by atoms with van der Waals surface area (Å²) >= 11 is 0. The van der Waals surface area contributed by atoms with Crippen LogP contribution in [0, 0.1) is 11.8 Å². The molecule has 0 amide bonds. The van der Waals surface area contributed by atoms with Crippen molar-refractivity contribution >= 4 is 0 Å². The molecule has 2 rings (SSSR count). The largest absolute Gasteiger partial charge is 0.508 e. The van der Waals surface area contributed by atoms with Crippen LogP contribution in [0.3, 0.4) is 0 Å². The summed E-state index contributed by atoms with van der Waals surface area (Å²) in [5.41, 5.74) is 1.59. The highest BCUT2D eigenvalue weighted by atomic mass is 16.3. The molecule has 0 spiro atoms. The minimum absolute atomic E-state index is 0.105. The van der Waals surface area contributed by atoms with Crippen LogP contribution >= 0.6 is 0 Å². The number of phenolic OH excluding ortho intramolecular Hbond substituents is 2. The van der Waals surface area contributed by atoms with Crippen molar-refractivity contribution < 1.29 is 20.4 Å². The first-order valence-electron chi connectivity index (χ1n) is 9.50. The molecule has 0 aromatic heterocycles. The Labute approximate surface area is 161 Å². The molecule has 0 fully saturated rings. The van der Waals surface area contributed by atoms with E-state index >= 15 is 0 Å². The van der Waals surface area contributed by atoms with Crippen LogP contribution < -0.4 is 5.32 Å². The summed E-state index contributed by atoms with van der Waals surface area (Å²) in [6.45, 7) is 5.44. The molecule has 2 aromatic rings. The molecule has 0 unspecified atom stereocenters. The van der Waals surface area contributed by atoms with E-state index in [9.17, 15) is 20.4 Å². The van der Waals surface area contributed by atoms with Crippen molar-refractivity contribution in [3.63, 3.8) is 0 Å². The van der Waals surface area contributed by atoms with Gasteiger partial charge in [0, 0.05) is 18.5 Å². The normalized spacial score (nSPS) is 14.9. The molecule has 0 radical (unpaired) electrons. The first-order chi connectivity index (χ1) is 12.9. The number of hydrogen-bond donors (Lipinski definition) is 5. The molecule has 0 aliphatic carbocycles. The van der Waals surface area contributed by atoms with Gasteiger partial charge in [0.15, 0.2) is 0 Å². The average Bonchev–Trinajstić information content (AvgIpc) is 2.62. The summed E-state index contributed by atoms with van der Waals surface area (Å²) in [6.07, 6.45) is -0.520. The SMILES string of the molecule is CC(C)C[C@H]([C@H](O)CCNCc1ccccc1)[C@@H](O)c1cc(O)cc(O)c1. The number of benzene rings is 2. The van der Waals surface area contributed by atoms with Crippen LogP contribution in [0.2, 0.25) is 0 Å². The fourth-order valence-electron chi connectivity index (χ4n) is 3.37. The highest BCUT2D eigenvalue weighted by molar-refractivity contribution is 5.37. The second-order valence-corrected chi connectivity index (χ2v) is 7.54. The third-order valence-corrected chi connectivity index (χ3v) is 4.70. The summed E-state index contributed by atoms with van der Waals surface area (Å²) in [6, 6.07) is 14.1. The van der Waals surface area contributed by atoms with Gasteiger partial charge < -0.3 is 25.7 Å². The summed E-state index contributed by atoms with van der Waals surface area (Å²) in [7, 11) is 0. The monoisotopic (exact) mass is 373 g/mol. The van der Waals surface area contributed by atoms with E-state index in [1.54, 1.807) is 0 Å². The highest BCUT2D eigenvalue weighted by Gasteiger charge is 2.29. The second-order valence-electron chi connectivity index (χ2n) is 7.54. The van der Waals surface area contributed by atoms with Crippen LogP contribution in [0.25, 0.3) is 0 Å². The Balaban J connectivity index is 1.96. The van der Waals surface area contributed by atoms with Crippen LogP contribution in [0.15, 0.2) is 48.5 Å². The number of phenols is 2. The van der Waals surface area contributed by atoms with Crippen molar-refractivity contribution in [3.8, 4) is 11.5 Å². The number of aliphatic hydroxyl groups excluding tert-OH is 2. The number of nitrogens with one attached hydrogen (secondary N) is 1. The van der Waals surface area contributed by atoms with Gasteiger partial charge in [-0.2, -0.15) is 0 Å². The van der Waals surface area contributed by atoms with Gasteiger partial charge in [-0.25, -0.2) is 0 Å². The number of rotatable bonds is 10. The molecule has 5 heteroatoms. The third kappa shape index (κ3) is 6.86. The maximum atomic E-state index is 10.8. The van der Waals surface area contributed by atoms with Crippen molar-refractivity contribution in [1.29, 1.82) is 0 Å². The van der Waals surface area contributed by atoms with Crippen LogP contribution in [-0.4, -0.2) is 33.1 Å². The molecule has 0 saturated carbocycles. The molecule has 0 saturated heterocycles. The van der Waals surface area contributed by atoms with Crippen LogP contribution in [0.4, 0.5) is 0 Å². The van der Waals surface area contributed by atoms with Crippen LogP contribution in [0.5, 0.6) is 11.5 Å². The maximum Gasteiger partial charge on any atom is 0.119 e. The van der Waals surface area contributed by atoms with Crippen LogP contribution in [0.1, 0.15) is 43.9 Å². The molecule has 0 bridgehead atoms. The van der Waals surface area contributed by atoms with E-state index in [1.807, 2.05) is 44.2 Å². The quantitative estimate of drug-likeness (QED) is 0.412. The zero-order valence-electron chi connectivity index (χ0n) is 16.0. The Morgan fingerprint density at radius 2 is 1.56 bits per heavy atom. The Hall–Kier alpha value is -2.08. The lowest BCUT2D eigenvalue weighted by molar-refractivity contribution is -0.00329. The molecule has 27 heavy (non-hydrogen) atoms. The molecule has 5 N–H and O–H groups in total. The summed E-state index contributed by atoms with van der Waals surface area (Å²) in [4.78, 5) is 0. The zero-order chi connectivity index (χ0) is 19.8. The summed E-state index contributed by atoms with van der Waals surface area (Å²) in [5, 5.41) is 44.2. The molecule has 3 atom stereocenters. The van der Waals surface area contributed by atoms with Gasteiger partial charge in [0.1, 0.15) is 11.5 Å². The fourth-order valence-corrected chi connectivity index (χ4v) is 3.37. The van der Waals surface area contributed by atoms with E-state index in [0.29, 0.717) is 30.9 Å². The predicted molar refractivity (Wildman–Crippen MR) is 106 cm³/mol. The molecule has 148 valence electrons. The highest BCUT2D eigenvalue weighted by Crippen LogP contribution is 2.34. The molecule has 2 aromatic carbocycles. The molecule has 0 heterocycles. The number of aliphatic hydroxyl groups is 2. The summed E-state index contributed by atoms with van der Waals surface area (Å²) in [5.74, 6) is -0.301. The first kappa shape index (κ1) is 21.2. The maximum absolute atomic E-state index is 10.8. The molecule has 0 aliphatic heterocycles. The van der Waals surface area contributed by atoms with Crippen molar-refractivity contribution in [3.05, 3.63) is 59.7 Å². The van der Waals surface area contributed by atoms with Gasteiger partial charge in [-0.05, 0) is 48.6 Å². The Morgan fingerprint density at radius 3 is 2.15 bits per heavy atom. The van der Waals surface area contributed by atoms with E-state index in [1.165, 1.54) is 23.8 Å². The van der Waals surface area contributed by atoms with E-state index in [2.05, 4.69) is 5.32 Å². The minimum Gasteiger partial charge on any atom is -0.508 e.